The SMILES string of the molecule is CC1=C(C)C(C)C([Si](c2c(N(C)C)cc(C)c(N(C)C)c2C)(c2c(N(C)C)cc(C)c(N(C)C)c2C)c2c(N(C)C)cc(C)c(N(C)C)c2C)=C1C. The molecule has 3 aromatic carbocycles. The Morgan fingerprint density at radius 3 is 0.865 bits per heavy atom. The zero-order valence-corrected chi connectivity index (χ0v) is 38.0. The molecule has 6 nitrogen and oxygen atoms in total. The molecule has 52 heavy (non-hydrogen) atoms. The molecule has 1 aliphatic rings. The summed E-state index contributed by atoms with van der Waals surface area (Å²) in [6.07, 6.45) is 0. The topological polar surface area (TPSA) is 19.4 Å². The van der Waals surface area contributed by atoms with Crippen molar-refractivity contribution in [2.24, 2.45) is 5.92 Å². The molecule has 1 atom stereocenters. The van der Waals surface area contributed by atoms with Gasteiger partial charge in [-0.2, -0.15) is 0 Å². The second-order valence-corrected chi connectivity index (χ2v) is 20.4. The van der Waals surface area contributed by atoms with Gasteiger partial charge in [0.05, 0.1) is 0 Å². The maximum Gasteiger partial charge on any atom is 0.184 e. The van der Waals surface area contributed by atoms with Crippen molar-refractivity contribution >= 4 is 57.8 Å². The van der Waals surface area contributed by atoms with Crippen LogP contribution in [0, 0.1) is 47.5 Å². The summed E-state index contributed by atoms with van der Waals surface area (Å²) in [4.78, 5) is 14.2. The van der Waals surface area contributed by atoms with E-state index in [4.69, 9.17) is 0 Å². The average Bonchev–Trinajstić information content (AvgIpc) is 3.20. The van der Waals surface area contributed by atoms with Crippen LogP contribution >= 0.6 is 0 Å². The number of nitrogens with zero attached hydrogens (tertiary/aromatic N) is 6. The van der Waals surface area contributed by atoms with Crippen LogP contribution in [0.3, 0.4) is 0 Å². The molecule has 0 radical (unpaired) electrons. The molecule has 0 fully saturated rings. The minimum absolute atomic E-state index is 0.266. The Labute approximate surface area is 319 Å². The van der Waals surface area contributed by atoms with Crippen molar-refractivity contribution in [2.75, 3.05) is 114 Å². The zero-order chi connectivity index (χ0) is 39.6. The van der Waals surface area contributed by atoms with E-state index in [9.17, 15) is 0 Å². The lowest BCUT2D eigenvalue weighted by molar-refractivity contribution is 0.851. The first-order valence-corrected chi connectivity index (χ1v) is 20.8. The molecule has 0 heterocycles. The molecule has 7 heteroatoms. The Morgan fingerprint density at radius 2 is 0.673 bits per heavy atom. The summed E-state index contributed by atoms with van der Waals surface area (Å²) in [6, 6.07) is 7.46. The minimum atomic E-state index is -3.32. The molecule has 1 unspecified atom stereocenters. The van der Waals surface area contributed by atoms with E-state index >= 15 is 0 Å². The van der Waals surface area contributed by atoms with Gasteiger partial charge in [-0.3, -0.25) is 0 Å². The Bertz CT molecular complexity index is 1780. The molecule has 4 rings (SSSR count). The van der Waals surface area contributed by atoms with Crippen LogP contribution in [-0.2, 0) is 0 Å². The number of benzene rings is 3. The van der Waals surface area contributed by atoms with E-state index in [-0.39, 0.29) is 5.92 Å². The summed E-state index contributed by atoms with van der Waals surface area (Å²) >= 11 is 0. The number of rotatable bonds is 10. The normalized spacial score (nSPS) is 14.8. The fourth-order valence-corrected chi connectivity index (χ4v) is 17.4. The maximum atomic E-state index is 2.50. The van der Waals surface area contributed by atoms with Crippen LogP contribution in [0.2, 0.25) is 0 Å². The highest BCUT2D eigenvalue weighted by molar-refractivity contribution is 7.19. The predicted molar refractivity (Wildman–Crippen MR) is 239 cm³/mol. The van der Waals surface area contributed by atoms with Crippen molar-refractivity contribution in [3.63, 3.8) is 0 Å². The van der Waals surface area contributed by atoms with E-state index in [2.05, 4.69) is 201 Å². The lowest BCUT2D eigenvalue weighted by Gasteiger charge is -2.47. The smallest absolute Gasteiger partial charge is 0.184 e. The van der Waals surface area contributed by atoms with E-state index in [1.165, 1.54) is 99.8 Å². The van der Waals surface area contributed by atoms with Crippen molar-refractivity contribution < 1.29 is 0 Å². The van der Waals surface area contributed by atoms with E-state index in [1.54, 1.807) is 5.20 Å². The highest BCUT2D eigenvalue weighted by Crippen LogP contribution is 2.47. The molecule has 0 bridgehead atoms. The maximum absolute atomic E-state index is 3.32. The van der Waals surface area contributed by atoms with Gasteiger partial charge in [0.25, 0.3) is 0 Å². The molecular weight excluding hydrogens is 653 g/mol. The van der Waals surface area contributed by atoms with Gasteiger partial charge in [-0.15, -0.1) is 0 Å². The Kier molecular flexibility index (Phi) is 11.4. The molecule has 0 amide bonds. The molecule has 3 aromatic rings. The van der Waals surface area contributed by atoms with Gasteiger partial charge in [0, 0.05) is 119 Å². The summed E-state index contributed by atoms with van der Waals surface area (Å²) in [5.74, 6) is 0.266. The Hall–Kier alpha value is -3.84. The third-order valence-corrected chi connectivity index (χ3v) is 17.9. The summed E-state index contributed by atoms with van der Waals surface area (Å²) in [6.45, 7) is 23.8. The van der Waals surface area contributed by atoms with Crippen molar-refractivity contribution in [2.45, 2.75) is 69.2 Å². The quantitative estimate of drug-likeness (QED) is 0.161. The van der Waals surface area contributed by atoms with Gasteiger partial charge in [-0.1, -0.05) is 23.3 Å². The largest absolute Gasteiger partial charge is 0.378 e. The first-order chi connectivity index (χ1) is 24.0. The third-order valence-electron chi connectivity index (χ3n) is 12.1. The van der Waals surface area contributed by atoms with Gasteiger partial charge >= 0.3 is 0 Å². The number of anilines is 6. The van der Waals surface area contributed by atoms with Crippen molar-refractivity contribution in [3.8, 4) is 0 Å². The summed E-state index contributed by atoms with van der Waals surface area (Å²) in [5, 5.41) is 6.10. The van der Waals surface area contributed by atoms with Crippen LogP contribution in [0.4, 0.5) is 34.1 Å². The van der Waals surface area contributed by atoms with Gasteiger partial charge < -0.3 is 29.4 Å². The first kappa shape index (κ1) is 40.9. The van der Waals surface area contributed by atoms with Gasteiger partial charge in [0.1, 0.15) is 0 Å². The van der Waals surface area contributed by atoms with E-state index in [0.29, 0.717) is 0 Å². The van der Waals surface area contributed by atoms with Crippen LogP contribution in [0.25, 0.3) is 0 Å². The molecule has 0 N–H and O–H groups in total. The summed E-state index contributed by atoms with van der Waals surface area (Å²) in [7, 11) is 23.5. The fourth-order valence-electron chi connectivity index (χ4n) is 10.1. The fraction of sp³-hybridized carbons (Fsp3) is 0.511. The van der Waals surface area contributed by atoms with E-state index in [1.807, 2.05) is 0 Å². The second-order valence-electron chi connectivity index (χ2n) is 16.9. The van der Waals surface area contributed by atoms with Crippen LogP contribution < -0.4 is 45.0 Å². The number of hydrogen-bond donors (Lipinski definition) is 0. The van der Waals surface area contributed by atoms with Crippen molar-refractivity contribution in [1.29, 1.82) is 0 Å². The standard InChI is InChI=1S/C45H70N6Si/c1-26-23-36(46(11)12)43(33(8)39(26)49(17)18)52(42-31(6)29(4)30(5)32(42)7,44-34(9)40(50(19)20)27(2)24-37(44)47(13)14)45-35(10)41(51(21)22)28(3)25-38(45)48(15)16/h23-25,31H,1-22H3. The molecule has 0 saturated heterocycles. The van der Waals surface area contributed by atoms with Gasteiger partial charge in [-0.05, 0) is 141 Å². The molecule has 0 saturated carbocycles. The van der Waals surface area contributed by atoms with Gasteiger partial charge in [0.2, 0.25) is 0 Å². The van der Waals surface area contributed by atoms with Gasteiger partial charge in [-0.25, -0.2) is 0 Å². The van der Waals surface area contributed by atoms with Gasteiger partial charge in [0.15, 0.2) is 8.07 Å². The number of allylic oxidation sites excluding steroid dienone is 4. The molecule has 0 aromatic heterocycles. The highest BCUT2D eigenvalue weighted by atomic mass is 28.3. The van der Waals surface area contributed by atoms with Crippen LogP contribution in [0.1, 0.15) is 61.1 Å². The van der Waals surface area contributed by atoms with E-state index in [0.717, 1.165) is 0 Å². The Balaban J connectivity index is 2.72. The lowest BCUT2D eigenvalue weighted by Crippen LogP contribution is -2.73. The molecular formula is C45H70N6Si. The number of hydrogen-bond acceptors (Lipinski definition) is 6. The molecule has 0 spiro atoms. The number of aryl methyl sites for hydroxylation is 3. The van der Waals surface area contributed by atoms with Crippen LogP contribution in [-0.4, -0.2) is 92.6 Å². The molecule has 0 aliphatic heterocycles. The zero-order valence-electron chi connectivity index (χ0n) is 37.0. The van der Waals surface area contributed by atoms with Crippen molar-refractivity contribution in [1.82, 2.24) is 0 Å². The molecule has 284 valence electrons. The molecule has 1 aliphatic carbocycles. The third kappa shape index (κ3) is 6.11. The Morgan fingerprint density at radius 1 is 0.404 bits per heavy atom. The minimum Gasteiger partial charge on any atom is -0.378 e. The summed E-state index contributed by atoms with van der Waals surface area (Å²) < 4.78 is 0. The lowest BCUT2D eigenvalue weighted by atomic mass is 10.0. The van der Waals surface area contributed by atoms with E-state index < -0.39 is 8.07 Å². The van der Waals surface area contributed by atoms with Crippen molar-refractivity contribution in [3.05, 3.63) is 73.5 Å². The monoisotopic (exact) mass is 723 g/mol. The summed E-state index contributed by atoms with van der Waals surface area (Å²) in [5.41, 5.74) is 20.3. The first-order valence-electron chi connectivity index (χ1n) is 18.8. The second kappa shape index (κ2) is 14.5. The average molecular weight is 723 g/mol. The highest BCUT2D eigenvalue weighted by Gasteiger charge is 2.55. The van der Waals surface area contributed by atoms with Crippen LogP contribution in [0.5, 0.6) is 0 Å². The van der Waals surface area contributed by atoms with Crippen LogP contribution in [0.15, 0.2) is 40.1 Å². The predicted octanol–water partition coefficient (Wildman–Crippen LogP) is 7.25.